The molecule has 0 aromatic heterocycles. The number of halogens is 1. The zero-order chi connectivity index (χ0) is 18.8. The van der Waals surface area contributed by atoms with Crippen molar-refractivity contribution in [2.45, 2.75) is 31.4 Å². The summed E-state index contributed by atoms with van der Waals surface area (Å²) in [5.74, 6) is 1.80. The van der Waals surface area contributed by atoms with Gasteiger partial charge in [0.1, 0.15) is 6.61 Å². The number of nitrogens with zero attached hydrogens (tertiary/aromatic N) is 1. The van der Waals surface area contributed by atoms with Crippen molar-refractivity contribution < 1.29 is 19.7 Å². The van der Waals surface area contributed by atoms with E-state index in [4.69, 9.17) is 21.4 Å². The number of aliphatic hydroxyl groups is 2. The number of rotatable bonds is 11. The van der Waals surface area contributed by atoms with E-state index in [1.165, 1.54) is 0 Å². The largest absolute Gasteiger partial charge is 0.447 e. The third-order valence-corrected chi connectivity index (χ3v) is 5.36. The Balaban J connectivity index is 1.78. The first-order valence-corrected chi connectivity index (χ1v) is 10.4. The number of carbonyl (C=O) groups excluding carboxylic acids is 1. The quantitative estimate of drug-likeness (QED) is 0.442. The minimum absolute atomic E-state index is 0.144. The molecule has 0 saturated carbocycles. The summed E-state index contributed by atoms with van der Waals surface area (Å²) in [5.41, 5.74) is 0.963. The highest BCUT2D eigenvalue weighted by atomic mass is 35.5. The van der Waals surface area contributed by atoms with Gasteiger partial charge in [0.25, 0.3) is 0 Å². The van der Waals surface area contributed by atoms with Crippen molar-refractivity contribution in [3.05, 3.63) is 47.0 Å². The third-order valence-electron chi connectivity index (χ3n) is 4.08. The van der Waals surface area contributed by atoms with Gasteiger partial charge in [0, 0.05) is 30.3 Å². The van der Waals surface area contributed by atoms with Gasteiger partial charge in [-0.25, -0.2) is 4.79 Å². The van der Waals surface area contributed by atoms with Crippen LogP contribution in [0.3, 0.4) is 0 Å². The summed E-state index contributed by atoms with van der Waals surface area (Å²) in [6, 6.07) is 7.27. The summed E-state index contributed by atoms with van der Waals surface area (Å²) in [4.78, 5) is 13.6. The first-order valence-electron chi connectivity index (χ1n) is 8.83. The number of aliphatic hydroxyl groups excluding tert-OH is 2. The fourth-order valence-corrected chi connectivity index (χ4v) is 3.84. The van der Waals surface area contributed by atoms with E-state index in [1.807, 2.05) is 24.3 Å². The average Bonchev–Trinajstić information content (AvgIpc) is 2.96. The van der Waals surface area contributed by atoms with Crippen LogP contribution in [0.1, 0.15) is 18.4 Å². The summed E-state index contributed by atoms with van der Waals surface area (Å²) in [6.45, 7) is 1.15. The Morgan fingerprint density at radius 1 is 1.38 bits per heavy atom. The van der Waals surface area contributed by atoms with Crippen LogP contribution >= 0.6 is 23.4 Å². The fourth-order valence-electron chi connectivity index (χ4n) is 2.69. The molecule has 0 aliphatic carbocycles. The zero-order valence-electron chi connectivity index (χ0n) is 14.7. The van der Waals surface area contributed by atoms with Gasteiger partial charge in [0.05, 0.1) is 12.1 Å². The number of cyclic esters (lactones) is 1. The number of amides is 1. The van der Waals surface area contributed by atoms with Crippen molar-refractivity contribution in [3.8, 4) is 0 Å². The van der Waals surface area contributed by atoms with Gasteiger partial charge >= 0.3 is 6.09 Å². The molecular formula is C19H26ClNO4S. The Bertz CT molecular complexity index is 599. The van der Waals surface area contributed by atoms with E-state index in [9.17, 15) is 9.90 Å². The van der Waals surface area contributed by atoms with E-state index in [0.29, 0.717) is 24.6 Å². The fraction of sp³-hybridized carbons (Fsp3) is 0.526. The Morgan fingerprint density at radius 3 is 3.00 bits per heavy atom. The predicted molar refractivity (Wildman–Crippen MR) is 106 cm³/mol. The van der Waals surface area contributed by atoms with Crippen molar-refractivity contribution in [3.63, 3.8) is 0 Å². The van der Waals surface area contributed by atoms with Gasteiger partial charge in [-0.15, -0.1) is 0 Å². The maximum absolute atomic E-state index is 11.9. The second-order valence-corrected chi connectivity index (χ2v) is 7.83. The Kier molecular flexibility index (Phi) is 9.32. The molecule has 0 bridgehead atoms. The number of hydrogen-bond acceptors (Lipinski definition) is 5. The minimum Gasteiger partial charge on any atom is -0.447 e. The van der Waals surface area contributed by atoms with Gasteiger partial charge < -0.3 is 14.9 Å². The molecule has 1 aromatic rings. The number of thioether (sulfide) groups is 1. The van der Waals surface area contributed by atoms with Gasteiger partial charge in [-0.2, -0.15) is 11.8 Å². The number of benzene rings is 1. The lowest BCUT2D eigenvalue weighted by Crippen LogP contribution is -2.34. The van der Waals surface area contributed by atoms with Crippen LogP contribution in [0.4, 0.5) is 4.79 Å². The smallest absolute Gasteiger partial charge is 0.410 e. The van der Waals surface area contributed by atoms with E-state index in [1.54, 1.807) is 28.8 Å². The van der Waals surface area contributed by atoms with Crippen molar-refractivity contribution in [2.24, 2.45) is 0 Å². The van der Waals surface area contributed by atoms with Gasteiger partial charge in [-0.3, -0.25) is 4.90 Å². The van der Waals surface area contributed by atoms with Gasteiger partial charge in [-0.1, -0.05) is 35.9 Å². The second kappa shape index (κ2) is 11.5. The van der Waals surface area contributed by atoms with Crippen LogP contribution in [-0.4, -0.2) is 64.6 Å². The molecule has 0 radical (unpaired) electrons. The molecule has 1 heterocycles. The highest BCUT2D eigenvalue weighted by Crippen LogP contribution is 2.17. The Labute approximate surface area is 164 Å². The minimum atomic E-state index is -0.640. The zero-order valence-corrected chi connectivity index (χ0v) is 16.3. The highest BCUT2D eigenvalue weighted by Gasteiger charge is 2.30. The summed E-state index contributed by atoms with van der Waals surface area (Å²) in [6.07, 6.45) is 4.88. The molecule has 1 amide bonds. The number of ether oxygens (including phenoxy) is 1. The molecule has 1 fully saturated rings. The first kappa shape index (κ1) is 21.1. The monoisotopic (exact) mass is 399 g/mol. The number of carbonyl (C=O) groups is 1. The number of unbranched alkanes of at least 4 members (excludes halogenated alkanes) is 1. The van der Waals surface area contributed by atoms with E-state index < -0.39 is 6.10 Å². The lowest BCUT2D eigenvalue weighted by molar-refractivity contribution is 0.159. The van der Waals surface area contributed by atoms with E-state index in [0.717, 1.165) is 29.9 Å². The molecule has 1 aliphatic heterocycles. The molecule has 144 valence electrons. The SMILES string of the molecule is O=C1OC[C@H](C=C[C@@H](O)Cc2cccc(Cl)c2)N1CCSCCCCO. The normalized spacial score (nSPS) is 18.5. The highest BCUT2D eigenvalue weighted by molar-refractivity contribution is 7.99. The summed E-state index contributed by atoms with van der Waals surface area (Å²) < 4.78 is 5.13. The third kappa shape index (κ3) is 7.19. The molecule has 26 heavy (non-hydrogen) atoms. The Hall–Kier alpha value is -1.21. The molecule has 5 nitrogen and oxygen atoms in total. The van der Waals surface area contributed by atoms with Crippen LogP contribution in [0.15, 0.2) is 36.4 Å². The van der Waals surface area contributed by atoms with Crippen molar-refractivity contribution in [2.75, 3.05) is 31.3 Å². The van der Waals surface area contributed by atoms with Crippen molar-refractivity contribution in [1.29, 1.82) is 0 Å². The molecule has 0 spiro atoms. The van der Waals surface area contributed by atoms with Gasteiger partial charge in [0.2, 0.25) is 0 Å². The standard InChI is InChI=1S/C19H26ClNO4S/c20-16-5-3-4-15(12-16)13-18(23)7-6-17-14-25-19(24)21(17)8-11-26-10-2-1-9-22/h3-7,12,17-18,22-23H,1-2,8-11,13-14H2/t17-,18+/m0/s1. The van der Waals surface area contributed by atoms with Gasteiger partial charge in [0.15, 0.2) is 0 Å². The molecular weight excluding hydrogens is 374 g/mol. The second-order valence-electron chi connectivity index (χ2n) is 6.17. The summed E-state index contributed by atoms with van der Waals surface area (Å²) in [5, 5.41) is 19.6. The van der Waals surface area contributed by atoms with Crippen LogP contribution in [0, 0.1) is 0 Å². The average molecular weight is 400 g/mol. The molecule has 2 atom stereocenters. The lowest BCUT2D eigenvalue weighted by atomic mass is 10.1. The summed E-state index contributed by atoms with van der Waals surface area (Å²) >= 11 is 7.72. The molecule has 2 rings (SSSR count). The molecule has 0 unspecified atom stereocenters. The van der Waals surface area contributed by atoms with Crippen molar-refractivity contribution in [1.82, 2.24) is 4.90 Å². The van der Waals surface area contributed by atoms with Crippen molar-refractivity contribution >= 4 is 29.5 Å². The maximum atomic E-state index is 11.9. The van der Waals surface area contributed by atoms with E-state index in [2.05, 4.69) is 0 Å². The molecule has 7 heteroatoms. The summed E-state index contributed by atoms with van der Waals surface area (Å²) in [7, 11) is 0. The van der Waals surface area contributed by atoms with E-state index in [-0.39, 0.29) is 18.7 Å². The maximum Gasteiger partial charge on any atom is 0.410 e. The van der Waals surface area contributed by atoms with Gasteiger partial charge in [-0.05, 0) is 36.3 Å². The van der Waals surface area contributed by atoms with Crippen LogP contribution in [0.25, 0.3) is 0 Å². The first-order chi connectivity index (χ1) is 12.6. The molecule has 1 aliphatic rings. The van der Waals surface area contributed by atoms with Crippen LogP contribution < -0.4 is 0 Å². The lowest BCUT2D eigenvalue weighted by Gasteiger charge is -2.18. The topological polar surface area (TPSA) is 70.0 Å². The molecule has 1 saturated heterocycles. The molecule has 1 aromatic carbocycles. The van der Waals surface area contributed by atoms with Crippen LogP contribution in [0.2, 0.25) is 5.02 Å². The number of hydrogen-bond donors (Lipinski definition) is 2. The van der Waals surface area contributed by atoms with Crippen LogP contribution in [0.5, 0.6) is 0 Å². The predicted octanol–water partition coefficient (Wildman–Crippen LogP) is 3.13. The Morgan fingerprint density at radius 2 is 2.23 bits per heavy atom. The van der Waals surface area contributed by atoms with Crippen LogP contribution in [-0.2, 0) is 11.2 Å². The molecule has 2 N–H and O–H groups in total. The van der Waals surface area contributed by atoms with E-state index >= 15 is 0 Å².